The van der Waals surface area contributed by atoms with Crippen molar-refractivity contribution in [2.75, 3.05) is 12.9 Å². The fourth-order valence-electron chi connectivity index (χ4n) is 3.55. The Balaban J connectivity index is 2.16. The molecule has 2 aromatic heterocycles. The number of aromatic nitrogens is 3. The number of hydrogen-bond acceptors (Lipinski definition) is 6. The average Bonchev–Trinajstić information content (AvgIpc) is 3.16. The lowest BCUT2D eigenvalue weighted by atomic mass is 10.0. The van der Waals surface area contributed by atoms with Gasteiger partial charge in [0.2, 0.25) is 15.0 Å². The van der Waals surface area contributed by atoms with Gasteiger partial charge in [0.05, 0.1) is 12.3 Å². The normalized spacial score (nSPS) is 12.2. The van der Waals surface area contributed by atoms with Crippen molar-refractivity contribution < 1.29 is 26.7 Å². The molecule has 0 radical (unpaired) electrons. The maximum Gasteiger partial charge on any atom is 0.331 e. The van der Waals surface area contributed by atoms with Gasteiger partial charge in [0.25, 0.3) is 0 Å². The Kier molecular flexibility index (Phi) is 6.68. The minimum atomic E-state index is -3.84. The summed E-state index contributed by atoms with van der Waals surface area (Å²) in [5.41, 5.74) is 0.0683. The van der Waals surface area contributed by atoms with Gasteiger partial charge in [-0.3, -0.25) is 4.57 Å². The van der Waals surface area contributed by atoms with E-state index in [1.807, 2.05) is 0 Å². The highest BCUT2D eigenvalue weighted by molar-refractivity contribution is 7.90. The molecule has 0 aliphatic heterocycles. The number of fused-ring (bicyclic) bond motifs is 1. The number of carbonyl (C=O) groups excluding carboxylic acids is 1. The van der Waals surface area contributed by atoms with Crippen LogP contribution >= 0.6 is 11.6 Å². The fraction of sp³-hybridized carbons (Fsp3) is 0.125. The predicted molar refractivity (Wildman–Crippen MR) is 127 cm³/mol. The maximum absolute atomic E-state index is 15.0. The predicted octanol–water partition coefficient (Wildman–Crippen LogP) is 4.75. The quantitative estimate of drug-likeness (QED) is 0.208. The van der Waals surface area contributed by atoms with Gasteiger partial charge in [-0.15, -0.1) is 0 Å². The zero-order valence-corrected chi connectivity index (χ0v) is 20.1. The molecule has 0 unspecified atom stereocenters. The lowest BCUT2D eigenvalue weighted by molar-refractivity contribution is -0.137. The third-order valence-corrected chi connectivity index (χ3v) is 6.19. The molecule has 0 bridgehead atoms. The van der Waals surface area contributed by atoms with E-state index < -0.39 is 38.3 Å². The zero-order chi connectivity index (χ0) is 25.3. The standard InChI is InChI=1S/C24H18ClF2N3O4S/c1-3-34-21(31)12-16(15-7-4-5-8-17(15)25)20-11-14-13-28-24(35(2,32)33)29-23(14)30(20)22-18(26)9-6-10-19(22)27/h4-13H,3H2,1-2H3. The molecular formula is C24H18ClF2N3O4S. The molecule has 2 aromatic carbocycles. The molecule has 0 saturated heterocycles. The first-order chi connectivity index (χ1) is 16.6. The minimum Gasteiger partial charge on any atom is -0.463 e. The molecule has 4 aromatic rings. The van der Waals surface area contributed by atoms with Crippen molar-refractivity contribution in [2.24, 2.45) is 0 Å². The van der Waals surface area contributed by atoms with Crippen molar-refractivity contribution in [1.82, 2.24) is 14.5 Å². The zero-order valence-electron chi connectivity index (χ0n) is 18.5. The van der Waals surface area contributed by atoms with E-state index >= 15 is 8.78 Å². The van der Waals surface area contributed by atoms with Crippen molar-refractivity contribution in [3.8, 4) is 5.69 Å². The van der Waals surface area contributed by atoms with Crippen molar-refractivity contribution in [2.45, 2.75) is 12.1 Å². The smallest absolute Gasteiger partial charge is 0.331 e. The Morgan fingerprint density at radius 3 is 2.46 bits per heavy atom. The molecule has 0 atom stereocenters. The van der Waals surface area contributed by atoms with E-state index in [2.05, 4.69) is 9.97 Å². The van der Waals surface area contributed by atoms with Gasteiger partial charge >= 0.3 is 5.97 Å². The number of ether oxygens (including phenoxy) is 1. The topological polar surface area (TPSA) is 91.2 Å². The summed E-state index contributed by atoms with van der Waals surface area (Å²) in [5, 5.41) is 0.00921. The van der Waals surface area contributed by atoms with Crippen LogP contribution in [0.4, 0.5) is 8.78 Å². The van der Waals surface area contributed by atoms with E-state index in [0.29, 0.717) is 5.56 Å². The Morgan fingerprint density at radius 1 is 1.14 bits per heavy atom. The van der Waals surface area contributed by atoms with Gasteiger partial charge < -0.3 is 4.74 Å². The third kappa shape index (κ3) is 4.80. The van der Waals surface area contributed by atoms with E-state index in [1.54, 1.807) is 31.2 Å². The van der Waals surface area contributed by atoms with Crippen LogP contribution in [0.15, 0.2) is 66.0 Å². The van der Waals surface area contributed by atoms with Crippen molar-refractivity contribution in [1.29, 1.82) is 0 Å². The maximum atomic E-state index is 15.0. The summed E-state index contributed by atoms with van der Waals surface area (Å²) in [6, 6.07) is 11.4. The van der Waals surface area contributed by atoms with Crippen LogP contribution in [0.1, 0.15) is 18.2 Å². The van der Waals surface area contributed by atoms with Gasteiger partial charge in [0, 0.05) is 40.1 Å². The summed E-state index contributed by atoms with van der Waals surface area (Å²) in [6.07, 6.45) is 3.30. The number of benzene rings is 2. The second kappa shape index (κ2) is 9.55. The summed E-state index contributed by atoms with van der Waals surface area (Å²) in [6.45, 7) is 1.73. The minimum absolute atomic E-state index is 0.0822. The van der Waals surface area contributed by atoms with E-state index in [4.69, 9.17) is 16.3 Å². The van der Waals surface area contributed by atoms with Crippen molar-refractivity contribution in [3.05, 3.63) is 88.7 Å². The molecule has 0 aliphatic carbocycles. The Labute approximate surface area is 204 Å². The number of rotatable bonds is 6. The molecule has 7 nitrogen and oxygen atoms in total. The number of para-hydroxylation sites is 1. The van der Waals surface area contributed by atoms with Crippen LogP contribution in [0.2, 0.25) is 5.02 Å². The molecule has 0 saturated carbocycles. The molecule has 0 N–H and O–H groups in total. The summed E-state index contributed by atoms with van der Waals surface area (Å²) >= 11 is 6.42. The fourth-order valence-corrected chi connectivity index (χ4v) is 4.28. The first-order valence-electron chi connectivity index (χ1n) is 10.3. The molecule has 0 aliphatic rings. The molecule has 4 rings (SSSR count). The number of hydrogen-bond donors (Lipinski definition) is 0. The molecule has 11 heteroatoms. The van der Waals surface area contributed by atoms with Crippen LogP contribution in [0.25, 0.3) is 22.3 Å². The largest absolute Gasteiger partial charge is 0.463 e. The first kappa shape index (κ1) is 24.5. The first-order valence-corrected chi connectivity index (χ1v) is 12.6. The average molecular weight is 518 g/mol. The molecule has 0 spiro atoms. The van der Waals surface area contributed by atoms with E-state index in [0.717, 1.165) is 29.0 Å². The van der Waals surface area contributed by atoms with E-state index in [9.17, 15) is 13.2 Å². The highest BCUT2D eigenvalue weighted by Crippen LogP contribution is 2.36. The van der Waals surface area contributed by atoms with Crippen LogP contribution in [0.3, 0.4) is 0 Å². The molecular weight excluding hydrogens is 500 g/mol. The molecule has 180 valence electrons. The number of halogens is 3. The Hall–Kier alpha value is -3.63. The van der Waals surface area contributed by atoms with Crippen molar-refractivity contribution in [3.63, 3.8) is 0 Å². The highest BCUT2D eigenvalue weighted by atomic mass is 35.5. The molecule has 2 heterocycles. The van der Waals surface area contributed by atoms with Crippen LogP contribution in [-0.2, 0) is 19.4 Å². The van der Waals surface area contributed by atoms with Gasteiger partial charge in [0.1, 0.15) is 23.0 Å². The van der Waals surface area contributed by atoms with Crippen LogP contribution in [0.5, 0.6) is 0 Å². The summed E-state index contributed by atoms with van der Waals surface area (Å²) in [7, 11) is -3.84. The Morgan fingerprint density at radius 2 is 1.83 bits per heavy atom. The summed E-state index contributed by atoms with van der Waals surface area (Å²) in [5.74, 6) is -2.58. The lowest BCUT2D eigenvalue weighted by Crippen LogP contribution is -2.10. The summed E-state index contributed by atoms with van der Waals surface area (Å²) < 4.78 is 60.4. The van der Waals surface area contributed by atoms with Crippen LogP contribution in [0, 0.1) is 11.6 Å². The van der Waals surface area contributed by atoms with Gasteiger partial charge in [-0.2, -0.15) is 4.98 Å². The molecule has 0 amide bonds. The van der Waals surface area contributed by atoms with Gasteiger partial charge in [-0.1, -0.05) is 35.9 Å². The molecule has 0 fully saturated rings. The monoisotopic (exact) mass is 517 g/mol. The molecule has 35 heavy (non-hydrogen) atoms. The summed E-state index contributed by atoms with van der Waals surface area (Å²) in [4.78, 5) is 20.5. The number of carbonyl (C=O) groups is 1. The van der Waals surface area contributed by atoms with Crippen LogP contribution in [-0.4, -0.2) is 41.8 Å². The van der Waals surface area contributed by atoms with Crippen molar-refractivity contribution >= 4 is 44.0 Å². The Bertz CT molecular complexity index is 1580. The SMILES string of the molecule is CCOC(=O)C=C(c1ccccc1Cl)c1cc2cnc(S(C)(=O)=O)nc2n1-c1c(F)cccc1F. The van der Waals surface area contributed by atoms with E-state index in [-0.39, 0.29) is 33.9 Å². The second-order valence-corrected chi connectivity index (χ2v) is 9.75. The van der Waals surface area contributed by atoms with Gasteiger partial charge in [-0.05, 0) is 31.2 Å². The van der Waals surface area contributed by atoms with Gasteiger partial charge in [0.15, 0.2) is 0 Å². The third-order valence-electron chi connectivity index (χ3n) is 5.00. The number of esters is 1. The lowest BCUT2D eigenvalue weighted by Gasteiger charge is -2.16. The number of nitrogens with zero attached hydrogens (tertiary/aromatic N) is 3. The van der Waals surface area contributed by atoms with Gasteiger partial charge in [-0.25, -0.2) is 27.0 Å². The highest BCUT2D eigenvalue weighted by Gasteiger charge is 2.25. The van der Waals surface area contributed by atoms with Crippen LogP contribution < -0.4 is 0 Å². The number of sulfone groups is 1. The van der Waals surface area contributed by atoms with E-state index in [1.165, 1.54) is 18.3 Å². The second-order valence-electron chi connectivity index (χ2n) is 7.43.